The summed E-state index contributed by atoms with van der Waals surface area (Å²) in [6, 6.07) is 0. The number of rotatable bonds is 0. The third-order valence-electron chi connectivity index (χ3n) is 35.8. The zero-order valence-corrected chi connectivity index (χ0v) is 75.6. The lowest BCUT2D eigenvalue weighted by atomic mass is 9.65. The van der Waals surface area contributed by atoms with E-state index in [4.69, 9.17) is 0 Å². The van der Waals surface area contributed by atoms with Crippen LogP contribution in [0.4, 0.5) is 0 Å². The van der Waals surface area contributed by atoms with Crippen LogP contribution in [0.2, 0.25) is 0 Å². The van der Waals surface area contributed by atoms with E-state index < -0.39 is 0 Å². The van der Waals surface area contributed by atoms with Gasteiger partial charge in [-0.1, -0.05) is 0 Å². The normalized spacial score (nSPS) is 34.3. The summed E-state index contributed by atoms with van der Waals surface area (Å²) in [5.74, 6) is 0. The van der Waals surface area contributed by atoms with Gasteiger partial charge in [0.25, 0.3) is 0 Å². The number of hydrogen-bond donors (Lipinski definition) is 0. The molecule has 0 atom stereocenters. The van der Waals surface area contributed by atoms with Crippen LogP contribution < -0.4 is 0 Å². The molecule has 9 heterocycles. The van der Waals surface area contributed by atoms with E-state index in [1.807, 2.05) is 0 Å². The SMILES string of the molecule is CC(C)(C)N1C(C)(C)C(C)(C)N2C3N(C(C)(C)C2(C)C)C(C)(C)C(C)(C)N3C(C)(C)C1(C)C.CC(C)=[N+]1C(C)(C)C(C)(C)N2C3N(C(C)(C)C2(C)C)C(C)(C)C(C)(C)N3C(C)(C)C1(C)C.CC(C)=[N+]1C(C)(C)C(C)(C)N2C3N(C(C)(C)C2(C)C)C(C)(C)C(C)(C)N3C(C)(C)C1(C)C. The van der Waals surface area contributed by atoms with Crippen molar-refractivity contribution in [2.45, 2.75) is 538 Å². The van der Waals surface area contributed by atoms with Crippen molar-refractivity contribution < 1.29 is 9.15 Å². The van der Waals surface area contributed by atoms with Crippen LogP contribution in [0, 0.1) is 0 Å². The van der Waals surface area contributed by atoms with Crippen molar-refractivity contribution in [2.75, 3.05) is 0 Å². The Morgan fingerprint density at radius 3 is 0.392 bits per heavy atom. The van der Waals surface area contributed by atoms with Gasteiger partial charge in [0.2, 0.25) is 0 Å². The first-order valence-electron chi connectivity index (χ1n) is 38.9. The molecule has 97 heavy (non-hydrogen) atoms. The van der Waals surface area contributed by atoms with Crippen LogP contribution >= 0.6 is 0 Å². The van der Waals surface area contributed by atoms with Gasteiger partial charge in [0.1, 0.15) is 30.3 Å². The van der Waals surface area contributed by atoms with E-state index >= 15 is 0 Å². The molecule has 0 bridgehead atoms. The zero-order chi connectivity index (χ0) is 77.3. The lowest BCUT2D eigenvalue weighted by molar-refractivity contribution is -0.694. The molecule has 0 aliphatic carbocycles. The standard InChI is InChI=1S/C29H58N4.2C28H55N4/c1-21(2,3)33-28(16,17)26(12,13)31-20-30(22(4,5)24(31,8)9)23(6,7)25(10,11)32(20)27(14,15)29(33,18)19;2*1-19(2)29-21(3,4)23(7,8)30-20-31(24(9,10)22(29,5)6)26(13,14)28(17,18)32(20)27(15,16)25(30,11)12/h20H,1-19H3;2*20H,1-18H3/q;2*+1. The summed E-state index contributed by atoms with van der Waals surface area (Å²) in [6.07, 6.45) is 0.686. The topological polar surface area (TPSA) is 38.4 Å². The first kappa shape index (κ1) is 83.2. The second-order valence-electron chi connectivity index (χ2n) is 46.9. The monoisotopic (exact) mass is 1360 g/mol. The molecule has 12 nitrogen and oxygen atoms in total. The van der Waals surface area contributed by atoms with Gasteiger partial charge in [0, 0.05) is 177 Å². The molecule has 9 aliphatic heterocycles. The second-order valence-corrected chi connectivity index (χ2v) is 46.9. The molecule has 0 aromatic heterocycles. The summed E-state index contributed by atoms with van der Waals surface area (Å²) >= 11 is 0. The predicted octanol–water partition coefficient (Wildman–Crippen LogP) is 18.4. The van der Waals surface area contributed by atoms with Gasteiger partial charge in [-0.25, -0.2) is 9.15 Å². The van der Waals surface area contributed by atoms with Gasteiger partial charge < -0.3 is 0 Å². The third-order valence-corrected chi connectivity index (χ3v) is 35.8. The number of nitrogens with zero attached hydrogens (tertiary/aromatic N) is 12. The van der Waals surface area contributed by atoms with Crippen LogP contribution in [0.25, 0.3) is 0 Å². The van der Waals surface area contributed by atoms with Gasteiger partial charge >= 0.3 is 0 Å². The molecule has 0 unspecified atom stereocenters. The molecular weight excluding hydrogens is 1190 g/mol. The van der Waals surface area contributed by atoms with E-state index in [1.54, 1.807) is 0 Å². The van der Waals surface area contributed by atoms with E-state index in [0.717, 1.165) is 0 Å². The third kappa shape index (κ3) is 9.06. The van der Waals surface area contributed by atoms with Gasteiger partial charge in [-0.15, -0.1) is 0 Å². The molecule has 9 saturated heterocycles. The summed E-state index contributed by atoms with van der Waals surface area (Å²) in [7, 11) is 0. The van der Waals surface area contributed by atoms with Crippen molar-refractivity contribution in [3.63, 3.8) is 0 Å². The minimum absolute atomic E-state index is 0.000896. The van der Waals surface area contributed by atoms with Crippen molar-refractivity contribution in [1.29, 1.82) is 0 Å². The van der Waals surface area contributed by atoms with Gasteiger partial charge in [0.05, 0.1) is 22.2 Å². The Hall–Kier alpha value is -1.06. The van der Waals surface area contributed by atoms with Crippen LogP contribution in [-0.2, 0) is 0 Å². The maximum atomic E-state index is 2.91. The second kappa shape index (κ2) is 21.0. The van der Waals surface area contributed by atoms with Crippen LogP contribution in [0.1, 0.15) is 381 Å². The minimum Gasteiger partial charge on any atom is -0.285 e. The quantitative estimate of drug-likeness (QED) is 0.219. The minimum atomic E-state index is -0.0943. The molecule has 0 aromatic carbocycles. The number of hydrogen-bond acceptors (Lipinski definition) is 10. The Morgan fingerprint density at radius 1 is 0.186 bits per heavy atom. The zero-order valence-electron chi connectivity index (χ0n) is 75.6. The maximum Gasteiger partial charge on any atom is 0.175 e. The molecule has 566 valence electrons. The van der Waals surface area contributed by atoms with E-state index in [1.165, 1.54) is 11.4 Å². The van der Waals surface area contributed by atoms with Crippen molar-refractivity contribution in [2.24, 2.45) is 0 Å². The van der Waals surface area contributed by atoms with Crippen molar-refractivity contribution in [3.05, 3.63) is 0 Å². The highest BCUT2D eigenvalue weighted by molar-refractivity contribution is 5.75. The molecule has 0 N–H and O–H groups in total. The fraction of sp³-hybridized carbons (Fsp3) is 0.976. The summed E-state index contributed by atoms with van der Waals surface area (Å²) < 4.78 is 5.51. The highest BCUT2D eigenvalue weighted by Crippen LogP contribution is 2.69. The van der Waals surface area contributed by atoms with Crippen LogP contribution in [0.5, 0.6) is 0 Å². The van der Waals surface area contributed by atoms with Crippen molar-refractivity contribution in [1.82, 2.24) is 49.0 Å². The fourth-order valence-corrected chi connectivity index (χ4v) is 25.5. The molecule has 9 rings (SSSR count). The summed E-state index contributed by atoms with van der Waals surface area (Å²) in [6.45, 7) is 136. The van der Waals surface area contributed by atoms with Gasteiger partial charge in [-0.2, -0.15) is 0 Å². The first-order chi connectivity index (χ1) is 41.7. The molecule has 0 radical (unpaired) electrons. The van der Waals surface area contributed by atoms with E-state index in [0.29, 0.717) is 0 Å². The van der Waals surface area contributed by atoms with E-state index in [-0.39, 0.29) is 157 Å². The van der Waals surface area contributed by atoms with Crippen LogP contribution in [-0.4, -0.2) is 227 Å². The van der Waals surface area contributed by atoms with Crippen molar-refractivity contribution in [3.8, 4) is 0 Å². The maximum absolute atomic E-state index is 2.91. The molecule has 0 spiro atoms. The molecule has 9 fully saturated rings. The Balaban J connectivity index is 0.000000205. The molecule has 0 amide bonds. The average molecular weight is 1360 g/mol. The molecular formula is C85H168N12+2. The van der Waals surface area contributed by atoms with Crippen LogP contribution in [0.3, 0.4) is 0 Å². The van der Waals surface area contributed by atoms with Crippen LogP contribution in [0.15, 0.2) is 0 Å². The Bertz CT molecular complexity index is 2860. The lowest BCUT2D eigenvalue weighted by Crippen LogP contribution is -2.85. The summed E-state index contributed by atoms with van der Waals surface area (Å²) in [4.78, 5) is 28.9. The van der Waals surface area contributed by atoms with Crippen molar-refractivity contribution >= 4 is 11.4 Å². The Labute approximate surface area is 604 Å². The van der Waals surface area contributed by atoms with E-state index in [2.05, 4.69) is 439 Å². The average Bonchev–Trinajstić information content (AvgIpc) is 1.50. The summed E-state index contributed by atoms with van der Waals surface area (Å²) in [5, 5.41) is 0. The molecule has 9 aliphatic rings. The van der Waals surface area contributed by atoms with Gasteiger partial charge in [0.15, 0.2) is 22.2 Å². The predicted molar refractivity (Wildman–Crippen MR) is 421 cm³/mol. The summed E-state index contributed by atoms with van der Waals surface area (Å²) in [5.41, 5.74) is 1.62. The van der Waals surface area contributed by atoms with Gasteiger partial charge in [-0.05, 0) is 298 Å². The highest BCUT2D eigenvalue weighted by Gasteiger charge is 2.84. The largest absolute Gasteiger partial charge is 0.285 e. The highest BCUT2D eigenvalue weighted by atomic mass is 15.7. The molecule has 0 saturated carbocycles. The Morgan fingerprint density at radius 2 is 0.289 bits per heavy atom. The first-order valence-corrected chi connectivity index (χ1v) is 38.9. The lowest BCUT2D eigenvalue weighted by Gasteiger charge is -2.72. The fourth-order valence-electron chi connectivity index (χ4n) is 25.5. The molecule has 12 heteroatoms. The smallest absolute Gasteiger partial charge is 0.175 e. The van der Waals surface area contributed by atoms with Gasteiger partial charge in [-0.3, -0.25) is 49.0 Å². The Kier molecular flexibility index (Phi) is 18.0. The van der Waals surface area contributed by atoms with E-state index in [9.17, 15) is 0 Å². The molecule has 0 aromatic rings.